The monoisotopic (exact) mass is 390 g/mol. The number of nitrogens with two attached hydrogens (primary N) is 1. The van der Waals surface area contributed by atoms with Crippen molar-refractivity contribution in [1.29, 1.82) is 0 Å². The quantitative estimate of drug-likeness (QED) is 0.759. The minimum absolute atomic E-state index is 0. The van der Waals surface area contributed by atoms with E-state index in [9.17, 15) is 4.79 Å². The number of likely N-dealkylation sites (tertiary alicyclic amines) is 1. The number of amides is 1. The maximum atomic E-state index is 12.7. The molecule has 1 aliphatic rings. The number of nitrogens with zero attached hydrogens (tertiary/aromatic N) is 1. The number of rotatable bonds is 5. The van der Waals surface area contributed by atoms with Crippen molar-refractivity contribution in [3.8, 4) is 0 Å². The summed E-state index contributed by atoms with van der Waals surface area (Å²) >= 11 is 1.79. The van der Waals surface area contributed by atoms with Crippen LogP contribution >= 0.6 is 24.2 Å². The Morgan fingerprint density at radius 2 is 1.88 bits per heavy atom. The van der Waals surface area contributed by atoms with Gasteiger partial charge >= 0.3 is 0 Å². The third-order valence-electron chi connectivity index (χ3n) is 4.84. The zero-order valence-electron chi connectivity index (χ0n) is 15.1. The van der Waals surface area contributed by atoms with Crippen molar-refractivity contribution >= 4 is 30.1 Å². The Labute approximate surface area is 166 Å². The number of carbonyl (C=O) groups excluding carboxylic acids is 1. The molecule has 3 nitrogen and oxygen atoms in total. The zero-order valence-corrected chi connectivity index (χ0v) is 16.8. The van der Waals surface area contributed by atoms with E-state index in [0.29, 0.717) is 5.92 Å². The number of halogens is 1. The Hall–Kier alpha value is -1.49. The lowest BCUT2D eigenvalue weighted by Crippen LogP contribution is -2.45. The summed E-state index contributed by atoms with van der Waals surface area (Å²) in [5.74, 6) is 1.49. The van der Waals surface area contributed by atoms with E-state index in [1.54, 1.807) is 11.8 Å². The van der Waals surface area contributed by atoms with Crippen LogP contribution in [0.4, 0.5) is 0 Å². The number of benzene rings is 2. The van der Waals surface area contributed by atoms with Crippen molar-refractivity contribution in [3.63, 3.8) is 0 Å². The van der Waals surface area contributed by atoms with Crippen molar-refractivity contribution in [2.75, 3.05) is 13.1 Å². The summed E-state index contributed by atoms with van der Waals surface area (Å²) in [5, 5.41) is 0. The second-order valence-corrected chi connectivity index (χ2v) is 7.86. The van der Waals surface area contributed by atoms with E-state index in [4.69, 9.17) is 5.73 Å². The Morgan fingerprint density at radius 1 is 1.19 bits per heavy atom. The average molecular weight is 391 g/mol. The molecule has 2 unspecified atom stereocenters. The highest BCUT2D eigenvalue weighted by Crippen LogP contribution is 2.24. The van der Waals surface area contributed by atoms with E-state index in [0.717, 1.165) is 37.2 Å². The third kappa shape index (κ3) is 5.50. The maximum Gasteiger partial charge on any atom is 0.253 e. The zero-order chi connectivity index (χ0) is 17.6. The van der Waals surface area contributed by atoms with Gasteiger partial charge in [0.2, 0.25) is 0 Å². The number of hydrogen-bond acceptors (Lipinski definition) is 3. The number of hydrogen-bond donors (Lipinski definition) is 1. The highest BCUT2D eigenvalue weighted by molar-refractivity contribution is 7.98. The number of carbonyl (C=O) groups is 1. The molecule has 0 radical (unpaired) electrons. The first-order valence-electron chi connectivity index (χ1n) is 8.95. The Balaban J connectivity index is 0.00000243. The molecule has 1 saturated heterocycles. The highest BCUT2D eigenvalue weighted by Gasteiger charge is 2.26. The molecule has 1 aliphatic heterocycles. The minimum atomic E-state index is 0. The Kier molecular flexibility index (Phi) is 8.01. The molecule has 140 valence electrons. The van der Waals surface area contributed by atoms with Crippen LogP contribution < -0.4 is 5.73 Å². The summed E-state index contributed by atoms with van der Waals surface area (Å²) in [5.41, 5.74) is 8.11. The fraction of sp³-hybridized carbons (Fsp3) is 0.381. The molecule has 1 amide bonds. The fourth-order valence-electron chi connectivity index (χ4n) is 3.24. The lowest BCUT2D eigenvalue weighted by Gasteiger charge is -2.34. The number of piperidine rings is 1. The van der Waals surface area contributed by atoms with Gasteiger partial charge in [-0.25, -0.2) is 0 Å². The van der Waals surface area contributed by atoms with Gasteiger partial charge in [0.25, 0.3) is 5.91 Å². The first-order chi connectivity index (χ1) is 12.1. The van der Waals surface area contributed by atoms with Crippen molar-refractivity contribution in [3.05, 3.63) is 65.7 Å². The molecular weight excluding hydrogens is 364 g/mol. The van der Waals surface area contributed by atoms with Crippen LogP contribution in [0.25, 0.3) is 0 Å². The van der Waals surface area contributed by atoms with Gasteiger partial charge in [-0.05, 0) is 55.5 Å². The lowest BCUT2D eigenvalue weighted by molar-refractivity contribution is 0.0661. The molecule has 2 aromatic rings. The Bertz CT molecular complexity index is 691. The summed E-state index contributed by atoms with van der Waals surface area (Å²) in [6.45, 7) is 3.66. The van der Waals surface area contributed by atoms with Crippen LogP contribution in [-0.4, -0.2) is 29.9 Å². The fourth-order valence-corrected chi connectivity index (χ4v) is 4.10. The SMILES string of the molecule is CC(N)C1CCCN(C(=O)c2ccc(SCc3ccccc3)cc2)C1.Cl. The van der Waals surface area contributed by atoms with Gasteiger partial charge in [0.05, 0.1) is 0 Å². The van der Waals surface area contributed by atoms with E-state index < -0.39 is 0 Å². The van der Waals surface area contributed by atoms with E-state index in [2.05, 4.69) is 24.3 Å². The van der Waals surface area contributed by atoms with Crippen LogP contribution in [0.3, 0.4) is 0 Å². The van der Waals surface area contributed by atoms with E-state index in [1.807, 2.05) is 42.2 Å². The van der Waals surface area contributed by atoms with Gasteiger partial charge in [-0.15, -0.1) is 24.2 Å². The molecule has 26 heavy (non-hydrogen) atoms. The standard InChI is InChI=1S/C21H26N2OS.ClH/c1-16(22)19-8-5-13-23(14-19)21(24)18-9-11-20(12-10-18)25-15-17-6-3-2-4-7-17;/h2-4,6-7,9-12,16,19H,5,8,13-15,22H2,1H3;1H. The van der Waals surface area contributed by atoms with Gasteiger partial charge in [-0.2, -0.15) is 0 Å². The van der Waals surface area contributed by atoms with Gasteiger partial charge in [0.15, 0.2) is 0 Å². The third-order valence-corrected chi connectivity index (χ3v) is 5.92. The molecule has 0 spiro atoms. The lowest BCUT2D eigenvalue weighted by atomic mass is 9.92. The molecule has 2 N–H and O–H groups in total. The number of thioether (sulfide) groups is 1. The summed E-state index contributed by atoms with van der Waals surface area (Å²) in [7, 11) is 0. The summed E-state index contributed by atoms with van der Waals surface area (Å²) in [4.78, 5) is 15.9. The summed E-state index contributed by atoms with van der Waals surface area (Å²) in [6.07, 6.45) is 2.17. The molecule has 3 rings (SSSR count). The van der Waals surface area contributed by atoms with Crippen molar-refractivity contribution in [2.24, 2.45) is 11.7 Å². The van der Waals surface area contributed by atoms with Crippen LogP contribution in [0.15, 0.2) is 59.5 Å². The van der Waals surface area contributed by atoms with Crippen molar-refractivity contribution in [1.82, 2.24) is 4.90 Å². The molecular formula is C21H27ClN2OS. The average Bonchev–Trinajstić information content (AvgIpc) is 2.67. The first-order valence-corrected chi connectivity index (χ1v) is 9.93. The van der Waals surface area contributed by atoms with E-state index in [1.165, 1.54) is 10.5 Å². The van der Waals surface area contributed by atoms with Crippen LogP contribution in [0.2, 0.25) is 0 Å². The topological polar surface area (TPSA) is 46.3 Å². The largest absolute Gasteiger partial charge is 0.338 e. The second kappa shape index (κ2) is 10.0. The minimum Gasteiger partial charge on any atom is -0.338 e. The van der Waals surface area contributed by atoms with Crippen LogP contribution in [0, 0.1) is 5.92 Å². The molecule has 2 aromatic carbocycles. The highest BCUT2D eigenvalue weighted by atomic mass is 35.5. The maximum absolute atomic E-state index is 12.7. The molecule has 0 aliphatic carbocycles. The van der Waals surface area contributed by atoms with E-state index >= 15 is 0 Å². The van der Waals surface area contributed by atoms with Crippen molar-refractivity contribution < 1.29 is 4.79 Å². The molecule has 5 heteroatoms. The predicted molar refractivity (Wildman–Crippen MR) is 112 cm³/mol. The van der Waals surface area contributed by atoms with Crippen molar-refractivity contribution in [2.45, 2.75) is 36.5 Å². The Morgan fingerprint density at radius 3 is 2.54 bits per heavy atom. The first kappa shape index (κ1) is 20.8. The second-order valence-electron chi connectivity index (χ2n) is 6.81. The van der Waals surface area contributed by atoms with Gasteiger partial charge in [-0.3, -0.25) is 4.79 Å². The molecule has 0 saturated carbocycles. The van der Waals surface area contributed by atoms with Crippen LogP contribution in [0.5, 0.6) is 0 Å². The van der Waals surface area contributed by atoms with Gasteiger partial charge < -0.3 is 10.6 Å². The summed E-state index contributed by atoms with van der Waals surface area (Å²) in [6, 6.07) is 18.6. The van der Waals surface area contributed by atoms with Crippen LogP contribution in [-0.2, 0) is 5.75 Å². The van der Waals surface area contributed by atoms with Gasteiger partial charge in [0, 0.05) is 35.3 Å². The smallest absolute Gasteiger partial charge is 0.253 e. The molecule has 2 atom stereocenters. The predicted octanol–water partition coefficient (Wildman–Crippen LogP) is 4.60. The van der Waals surface area contributed by atoms with E-state index in [-0.39, 0.29) is 24.4 Å². The van der Waals surface area contributed by atoms with Gasteiger partial charge in [-0.1, -0.05) is 30.3 Å². The molecule has 1 heterocycles. The normalized spacial score (nSPS) is 18.1. The summed E-state index contributed by atoms with van der Waals surface area (Å²) < 4.78 is 0. The van der Waals surface area contributed by atoms with Gasteiger partial charge in [0.1, 0.15) is 0 Å². The van der Waals surface area contributed by atoms with Crippen LogP contribution in [0.1, 0.15) is 35.7 Å². The molecule has 1 fully saturated rings. The molecule has 0 aromatic heterocycles. The molecule has 0 bridgehead atoms.